The predicted octanol–water partition coefficient (Wildman–Crippen LogP) is 4.90. The first-order valence-electron chi connectivity index (χ1n) is 11.3. The molecule has 4 bridgehead atoms. The Hall–Kier alpha value is -1.75. The van der Waals surface area contributed by atoms with Crippen LogP contribution in [-0.4, -0.2) is 41.1 Å². The lowest BCUT2D eigenvalue weighted by atomic mass is 9.53. The zero-order valence-electron chi connectivity index (χ0n) is 18.3. The minimum absolute atomic E-state index is 0.00472. The summed E-state index contributed by atoms with van der Waals surface area (Å²) >= 11 is 1.48. The zero-order valence-corrected chi connectivity index (χ0v) is 19.1. The van der Waals surface area contributed by atoms with Crippen LogP contribution in [0.4, 0.5) is 0 Å². The summed E-state index contributed by atoms with van der Waals surface area (Å²) in [5.74, 6) is 2.92. The molecule has 4 fully saturated rings. The molecule has 0 saturated heterocycles. The molecule has 1 aromatic carbocycles. The Balaban J connectivity index is 1.39. The highest BCUT2D eigenvalue weighted by molar-refractivity contribution is 8.00. The first-order valence-corrected chi connectivity index (χ1v) is 12.3. The van der Waals surface area contributed by atoms with Crippen LogP contribution in [0.25, 0.3) is 0 Å². The van der Waals surface area contributed by atoms with Crippen LogP contribution in [-0.2, 0) is 4.79 Å². The third-order valence-electron chi connectivity index (χ3n) is 7.05. The third-order valence-corrected chi connectivity index (χ3v) is 8.12. The number of amides is 2. The maximum absolute atomic E-state index is 13.0. The fourth-order valence-electron chi connectivity index (χ4n) is 6.33. The normalized spacial score (nSPS) is 28.9. The van der Waals surface area contributed by atoms with Gasteiger partial charge in [-0.15, -0.1) is 11.8 Å². The maximum Gasteiger partial charge on any atom is 0.255 e. The molecule has 5 rings (SSSR count). The number of carbonyl (C=O) groups is 2. The van der Waals surface area contributed by atoms with E-state index in [1.807, 2.05) is 38.1 Å². The van der Waals surface area contributed by atoms with Gasteiger partial charge in [0, 0.05) is 23.5 Å². The summed E-state index contributed by atoms with van der Waals surface area (Å²) in [6.07, 6.45) is 7.61. The van der Waals surface area contributed by atoms with E-state index in [2.05, 4.69) is 11.9 Å². The van der Waals surface area contributed by atoms with E-state index >= 15 is 0 Å². The lowest BCUT2D eigenvalue weighted by Crippen LogP contribution is -2.60. The van der Waals surface area contributed by atoms with E-state index in [1.165, 1.54) is 31.0 Å². The van der Waals surface area contributed by atoms with Crippen LogP contribution >= 0.6 is 11.8 Å². The van der Waals surface area contributed by atoms with E-state index in [0.717, 1.165) is 47.5 Å². The highest BCUT2D eigenvalue weighted by Crippen LogP contribution is 2.55. The summed E-state index contributed by atoms with van der Waals surface area (Å²) in [7, 11) is 0. The molecule has 5 heteroatoms. The second-order valence-electron chi connectivity index (χ2n) is 9.81. The standard InChI is InChI=1S/C25H34N2O2S/c1-4-27(15-17(2)3)24(29)21-7-5-6-8-22(21)30-16-23(28)26-25-12-18-9-19(13-25)11-20(10-18)14-25/h5-8,18-20H,2,4,9-16H2,1,3H3,(H,26,28). The minimum Gasteiger partial charge on any atom is -0.350 e. The molecule has 0 spiro atoms. The van der Waals surface area contributed by atoms with Crippen LogP contribution < -0.4 is 5.32 Å². The Morgan fingerprint density at radius 3 is 2.30 bits per heavy atom. The van der Waals surface area contributed by atoms with E-state index < -0.39 is 0 Å². The van der Waals surface area contributed by atoms with Gasteiger partial charge in [-0.25, -0.2) is 0 Å². The van der Waals surface area contributed by atoms with Gasteiger partial charge in [-0.2, -0.15) is 0 Å². The van der Waals surface area contributed by atoms with Crippen molar-refractivity contribution in [3.05, 3.63) is 42.0 Å². The number of nitrogens with one attached hydrogen (secondary N) is 1. The number of hydrogen-bond donors (Lipinski definition) is 1. The summed E-state index contributed by atoms with van der Waals surface area (Å²) in [5.41, 5.74) is 1.68. The van der Waals surface area contributed by atoms with Gasteiger partial charge in [0.15, 0.2) is 0 Å². The molecule has 0 radical (unpaired) electrons. The molecule has 4 saturated carbocycles. The van der Waals surface area contributed by atoms with Gasteiger partial charge >= 0.3 is 0 Å². The Bertz CT molecular complexity index is 799. The molecule has 1 N–H and O–H groups in total. The van der Waals surface area contributed by atoms with Crippen molar-refractivity contribution >= 4 is 23.6 Å². The van der Waals surface area contributed by atoms with Crippen molar-refractivity contribution in [2.45, 2.75) is 62.8 Å². The SMILES string of the molecule is C=C(C)CN(CC)C(=O)c1ccccc1SCC(=O)NC12CC3CC(CC(C3)C1)C2. The molecule has 4 aliphatic carbocycles. The molecule has 0 aromatic heterocycles. The number of benzene rings is 1. The summed E-state index contributed by atoms with van der Waals surface area (Å²) < 4.78 is 0. The van der Waals surface area contributed by atoms with Crippen LogP contribution in [0.5, 0.6) is 0 Å². The Morgan fingerprint density at radius 1 is 1.13 bits per heavy atom. The van der Waals surface area contributed by atoms with Gasteiger partial charge in [-0.1, -0.05) is 24.3 Å². The van der Waals surface area contributed by atoms with Crippen molar-refractivity contribution in [1.29, 1.82) is 0 Å². The summed E-state index contributed by atoms with van der Waals surface area (Å²) in [5, 5.41) is 3.44. The number of carbonyl (C=O) groups excluding carboxylic acids is 2. The van der Waals surface area contributed by atoms with Crippen molar-refractivity contribution in [3.63, 3.8) is 0 Å². The topological polar surface area (TPSA) is 49.4 Å². The molecule has 1 aromatic rings. The molecule has 0 heterocycles. The molecule has 30 heavy (non-hydrogen) atoms. The van der Waals surface area contributed by atoms with Gasteiger partial charge in [0.2, 0.25) is 5.91 Å². The van der Waals surface area contributed by atoms with Gasteiger partial charge in [0.05, 0.1) is 11.3 Å². The lowest BCUT2D eigenvalue weighted by Gasteiger charge is -2.56. The number of rotatable bonds is 8. The highest BCUT2D eigenvalue weighted by atomic mass is 32.2. The molecular formula is C25H34N2O2S. The van der Waals surface area contributed by atoms with Gasteiger partial charge in [-0.3, -0.25) is 9.59 Å². The van der Waals surface area contributed by atoms with Crippen molar-refractivity contribution in [2.24, 2.45) is 17.8 Å². The fourth-order valence-corrected chi connectivity index (χ4v) is 7.18. The van der Waals surface area contributed by atoms with Crippen molar-refractivity contribution < 1.29 is 9.59 Å². The fraction of sp³-hybridized carbons (Fsp3) is 0.600. The quantitative estimate of drug-likeness (QED) is 0.475. The largest absolute Gasteiger partial charge is 0.350 e. The maximum atomic E-state index is 13.0. The second-order valence-corrected chi connectivity index (χ2v) is 10.8. The highest BCUT2D eigenvalue weighted by Gasteiger charge is 2.51. The molecule has 162 valence electrons. The molecule has 2 amide bonds. The van der Waals surface area contributed by atoms with E-state index in [0.29, 0.717) is 24.4 Å². The molecular weight excluding hydrogens is 392 g/mol. The van der Waals surface area contributed by atoms with Crippen LogP contribution in [0.2, 0.25) is 0 Å². The van der Waals surface area contributed by atoms with Gasteiger partial charge in [0.25, 0.3) is 5.91 Å². The van der Waals surface area contributed by atoms with Gasteiger partial charge in [0.1, 0.15) is 0 Å². The van der Waals surface area contributed by atoms with E-state index in [4.69, 9.17) is 0 Å². The second kappa shape index (κ2) is 8.78. The van der Waals surface area contributed by atoms with E-state index in [1.54, 1.807) is 4.90 Å². The smallest absolute Gasteiger partial charge is 0.255 e. The molecule has 4 nitrogen and oxygen atoms in total. The Kier molecular flexibility index (Phi) is 6.29. The number of nitrogens with zero attached hydrogens (tertiary/aromatic N) is 1. The number of hydrogen-bond acceptors (Lipinski definition) is 3. The Morgan fingerprint density at radius 2 is 1.73 bits per heavy atom. The van der Waals surface area contributed by atoms with Gasteiger partial charge < -0.3 is 10.2 Å². The number of thioether (sulfide) groups is 1. The molecule has 0 unspecified atom stereocenters. The van der Waals surface area contributed by atoms with E-state index in [-0.39, 0.29) is 17.4 Å². The minimum atomic E-state index is 0.00472. The first kappa shape index (κ1) is 21.5. The summed E-state index contributed by atoms with van der Waals surface area (Å²) in [6, 6.07) is 7.64. The average molecular weight is 427 g/mol. The van der Waals surface area contributed by atoms with Gasteiger partial charge in [-0.05, 0) is 82.3 Å². The monoisotopic (exact) mass is 426 g/mol. The Labute approximate surface area is 184 Å². The molecule has 0 aliphatic heterocycles. The van der Waals surface area contributed by atoms with Crippen LogP contribution in [0.1, 0.15) is 62.7 Å². The van der Waals surface area contributed by atoms with Crippen molar-refractivity contribution in [3.8, 4) is 0 Å². The van der Waals surface area contributed by atoms with Crippen molar-refractivity contribution in [1.82, 2.24) is 10.2 Å². The van der Waals surface area contributed by atoms with Crippen LogP contribution in [0, 0.1) is 17.8 Å². The average Bonchev–Trinajstić information content (AvgIpc) is 2.68. The third kappa shape index (κ3) is 4.61. The van der Waals surface area contributed by atoms with Crippen molar-refractivity contribution in [2.75, 3.05) is 18.8 Å². The van der Waals surface area contributed by atoms with Crippen LogP contribution in [0.3, 0.4) is 0 Å². The summed E-state index contributed by atoms with van der Waals surface area (Å²) in [6.45, 7) is 9.05. The zero-order chi connectivity index (χ0) is 21.3. The van der Waals surface area contributed by atoms with Crippen LogP contribution in [0.15, 0.2) is 41.3 Å². The number of likely N-dealkylation sites (N-methyl/N-ethyl adjacent to an activating group) is 1. The molecule has 4 aliphatic rings. The first-order chi connectivity index (χ1) is 14.4. The lowest BCUT2D eigenvalue weighted by molar-refractivity contribution is -0.124. The summed E-state index contributed by atoms with van der Waals surface area (Å²) in [4.78, 5) is 28.6. The van der Waals surface area contributed by atoms with E-state index in [9.17, 15) is 9.59 Å². The predicted molar refractivity (Wildman–Crippen MR) is 123 cm³/mol. The molecule has 0 atom stereocenters.